The third-order valence-corrected chi connectivity index (χ3v) is 7.75. The van der Waals surface area contributed by atoms with E-state index in [-0.39, 0.29) is 17.9 Å². The number of hydrogen-bond donors (Lipinski definition) is 1. The molecule has 9 nitrogen and oxygen atoms in total. The molecule has 3 aliphatic rings. The van der Waals surface area contributed by atoms with Crippen molar-refractivity contribution >= 4 is 18.5 Å². The second-order valence-corrected chi connectivity index (χ2v) is 10.1. The molecule has 2 atom stereocenters. The lowest BCUT2D eigenvalue weighted by Crippen LogP contribution is -2.67. The van der Waals surface area contributed by atoms with Crippen LogP contribution in [0.1, 0.15) is 45.1 Å². The molecular formula is C27H37N7O2. The zero-order valence-electron chi connectivity index (χ0n) is 21.4. The number of aliphatic imine (C=N–C) groups is 1. The maximum absolute atomic E-state index is 9.64. The van der Waals surface area contributed by atoms with E-state index in [0.29, 0.717) is 19.1 Å². The fourth-order valence-electron chi connectivity index (χ4n) is 5.72. The van der Waals surface area contributed by atoms with Crippen LogP contribution in [0.4, 0.5) is 0 Å². The molecule has 36 heavy (non-hydrogen) atoms. The molecule has 5 rings (SSSR count). The van der Waals surface area contributed by atoms with Crippen molar-refractivity contribution < 1.29 is 9.47 Å². The third-order valence-electron chi connectivity index (χ3n) is 7.75. The summed E-state index contributed by atoms with van der Waals surface area (Å²) in [6.45, 7) is 13.4. The van der Waals surface area contributed by atoms with Gasteiger partial charge in [-0.25, -0.2) is 0 Å². The molecule has 0 bridgehead atoms. The number of nitriles is 1. The van der Waals surface area contributed by atoms with Crippen LogP contribution in [-0.4, -0.2) is 88.5 Å². The highest BCUT2D eigenvalue weighted by atomic mass is 16.6. The first-order valence-corrected chi connectivity index (χ1v) is 13.1. The van der Waals surface area contributed by atoms with E-state index in [2.05, 4.69) is 39.3 Å². The highest BCUT2D eigenvalue weighted by Gasteiger charge is 2.49. The van der Waals surface area contributed by atoms with Crippen LogP contribution in [0.15, 0.2) is 29.6 Å². The lowest BCUT2D eigenvalue weighted by Gasteiger charge is -2.54. The van der Waals surface area contributed by atoms with Gasteiger partial charge >= 0.3 is 0 Å². The van der Waals surface area contributed by atoms with Crippen LogP contribution < -0.4 is 10.6 Å². The van der Waals surface area contributed by atoms with E-state index in [1.807, 2.05) is 36.3 Å². The van der Waals surface area contributed by atoms with Crippen LogP contribution in [-0.2, 0) is 15.0 Å². The number of piperidine rings is 1. The number of nitrogens with zero attached hydrogens (tertiary/aromatic N) is 6. The van der Waals surface area contributed by atoms with Crippen molar-refractivity contribution in [3.8, 4) is 6.07 Å². The van der Waals surface area contributed by atoms with Gasteiger partial charge in [0.15, 0.2) is 0 Å². The quantitative estimate of drug-likeness (QED) is 0.533. The van der Waals surface area contributed by atoms with Crippen molar-refractivity contribution in [1.82, 2.24) is 24.6 Å². The highest BCUT2D eigenvalue weighted by molar-refractivity contribution is 5.72. The Labute approximate surface area is 212 Å². The molecule has 3 aliphatic heterocycles. The smallest absolute Gasteiger partial charge is 0.139 e. The molecule has 0 spiro atoms. The van der Waals surface area contributed by atoms with Gasteiger partial charge in [-0.15, -0.1) is 0 Å². The van der Waals surface area contributed by atoms with Gasteiger partial charge in [-0.05, 0) is 32.3 Å². The molecule has 2 unspecified atom stereocenters. The van der Waals surface area contributed by atoms with Crippen molar-refractivity contribution in [2.24, 2.45) is 4.99 Å². The Bertz CT molecular complexity index is 1210. The predicted molar refractivity (Wildman–Crippen MR) is 139 cm³/mol. The Morgan fingerprint density at radius 2 is 2.19 bits per heavy atom. The highest BCUT2D eigenvalue weighted by Crippen LogP contribution is 2.37. The third kappa shape index (κ3) is 4.66. The van der Waals surface area contributed by atoms with Crippen LogP contribution in [0.25, 0.3) is 12.3 Å². The molecule has 192 valence electrons. The molecule has 0 aliphatic carbocycles. The van der Waals surface area contributed by atoms with Gasteiger partial charge in [-0.1, -0.05) is 13.5 Å². The molecule has 3 saturated heterocycles. The first-order chi connectivity index (χ1) is 17.6. The lowest BCUT2D eigenvalue weighted by atomic mass is 9.83. The van der Waals surface area contributed by atoms with Crippen molar-refractivity contribution in [2.45, 2.75) is 63.4 Å². The van der Waals surface area contributed by atoms with Gasteiger partial charge in [-0.2, -0.15) is 10.4 Å². The van der Waals surface area contributed by atoms with Crippen LogP contribution in [0.2, 0.25) is 0 Å². The number of nitrogens with one attached hydrogen (secondary N) is 1. The summed E-state index contributed by atoms with van der Waals surface area (Å²) < 4.78 is 13.8. The molecule has 0 aromatic carbocycles. The van der Waals surface area contributed by atoms with Gasteiger partial charge in [0, 0.05) is 73.6 Å². The Balaban J connectivity index is 1.24. The summed E-state index contributed by atoms with van der Waals surface area (Å²) in [6.07, 6.45) is 11.6. The summed E-state index contributed by atoms with van der Waals surface area (Å²) in [4.78, 5) is 12.7. The van der Waals surface area contributed by atoms with Crippen molar-refractivity contribution in [1.29, 1.82) is 5.26 Å². The minimum absolute atomic E-state index is 0.115. The van der Waals surface area contributed by atoms with E-state index in [0.717, 1.165) is 73.9 Å². The molecular weight excluding hydrogens is 454 g/mol. The van der Waals surface area contributed by atoms with Crippen molar-refractivity contribution in [2.75, 3.05) is 39.4 Å². The standard InChI is InChI=1S/C27H37N7O2/c1-4-14-35-24-17-36-26(24)32-12-7-22(8-13-32)33-18-27(19-33,9-10-28)34-16-21(15-31-34)25(29-5-2)23-6-11-30-20(23)3/h5-6,11,15-16,22,24,26,30H,3-4,7-9,12-14,17-19H2,1-2H3/b25-23-,29-5-. The Kier molecular flexibility index (Phi) is 7.39. The van der Waals surface area contributed by atoms with E-state index >= 15 is 0 Å². The predicted octanol–water partition coefficient (Wildman–Crippen LogP) is 1.41. The number of H-pyrrole nitrogens is 1. The molecule has 2 aromatic heterocycles. The monoisotopic (exact) mass is 491 g/mol. The minimum Gasteiger partial charge on any atom is -0.372 e. The topological polar surface area (TPSA) is 94.7 Å². The maximum atomic E-state index is 9.64. The lowest BCUT2D eigenvalue weighted by molar-refractivity contribution is -0.249. The molecule has 0 radical (unpaired) electrons. The molecule has 0 saturated carbocycles. The fraction of sp³-hybridized carbons (Fsp3) is 0.593. The summed E-state index contributed by atoms with van der Waals surface area (Å²) >= 11 is 0. The van der Waals surface area contributed by atoms with Crippen LogP contribution in [0.3, 0.4) is 0 Å². The Hall–Kier alpha value is -2.77. The maximum Gasteiger partial charge on any atom is 0.139 e. The SMILES string of the molecule is C=c1[nH]cc/c1=C(/N=C\C)c1cnn(C2(CC#N)CN(C3CCN(C4OCC4OCCC)CC3)C2)c1. The molecule has 3 fully saturated rings. The summed E-state index contributed by atoms with van der Waals surface area (Å²) in [5.74, 6) is 0. The van der Waals surface area contributed by atoms with E-state index in [1.54, 1.807) is 6.21 Å². The summed E-state index contributed by atoms with van der Waals surface area (Å²) in [6, 6.07) is 4.92. The summed E-state index contributed by atoms with van der Waals surface area (Å²) in [5.41, 5.74) is 1.47. The zero-order valence-corrected chi connectivity index (χ0v) is 21.4. The molecule has 0 amide bonds. The fourth-order valence-corrected chi connectivity index (χ4v) is 5.72. The first kappa shape index (κ1) is 24.9. The van der Waals surface area contributed by atoms with Crippen LogP contribution >= 0.6 is 0 Å². The first-order valence-electron chi connectivity index (χ1n) is 13.1. The number of rotatable bonds is 9. The number of aromatic amines is 1. The van der Waals surface area contributed by atoms with E-state index in [9.17, 15) is 5.26 Å². The number of hydrogen-bond acceptors (Lipinski definition) is 7. The van der Waals surface area contributed by atoms with E-state index in [4.69, 9.17) is 14.6 Å². The minimum atomic E-state index is -0.299. The van der Waals surface area contributed by atoms with Gasteiger partial charge in [0.2, 0.25) is 0 Å². The average Bonchev–Trinajstić information content (AvgIpc) is 3.49. The van der Waals surface area contributed by atoms with E-state index < -0.39 is 0 Å². The van der Waals surface area contributed by atoms with Gasteiger partial charge in [-0.3, -0.25) is 19.5 Å². The van der Waals surface area contributed by atoms with Gasteiger partial charge in [0.05, 0.1) is 31.0 Å². The van der Waals surface area contributed by atoms with Gasteiger partial charge in [0.25, 0.3) is 0 Å². The zero-order chi connectivity index (χ0) is 25.1. The number of ether oxygens (including phenoxy) is 2. The second-order valence-electron chi connectivity index (χ2n) is 10.1. The number of aromatic nitrogens is 3. The Morgan fingerprint density at radius 3 is 2.81 bits per heavy atom. The van der Waals surface area contributed by atoms with Crippen LogP contribution in [0.5, 0.6) is 0 Å². The van der Waals surface area contributed by atoms with Crippen LogP contribution in [0, 0.1) is 11.3 Å². The van der Waals surface area contributed by atoms with Gasteiger partial charge < -0.3 is 14.5 Å². The molecule has 1 N–H and O–H groups in total. The van der Waals surface area contributed by atoms with Crippen molar-refractivity contribution in [3.63, 3.8) is 0 Å². The normalized spacial score (nSPS) is 25.9. The second kappa shape index (κ2) is 10.7. The van der Waals surface area contributed by atoms with E-state index in [1.165, 1.54) is 0 Å². The largest absolute Gasteiger partial charge is 0.372 e. The summed E-state index contributed by atoms with van der Waals surface area (Å²) in [7, 11) is 0. The molecule has 2 aromatic rings. The number of likely N-dealkylation sites (tertiary alicyclic amines) is 2. The molecule has 9 heteroatoms. The van der Waals surface area contributed by atoms with Gasteiger partial charge in [0.1, 0.15) is 17.9 Å². The Morgan fingerprint density at radius 1 is 1.39 bits per heavy atom. The van der Waals surface area contributed by atoms with Crippen molar-refractivity contribution in [3.05, 3.63) is 40.8 Å². The average molecular weight is 492 g/mol. The molecule has 5 heterocycles. The summed E-state index contributed by atoms with van der Waals surface area (Å²) in [5, 5.41) is 16.1.